The topological polar surface area (TPSA) is 110 Å². The van der Waals surface area contributed by atoms with Gasteiger partial charge in [-0.15, -0.1) is 0 Å². The second-order valence-electron chi connectivity index (χ2n) is 7.05. The van der Waals surface area contributed by atoms with E-state index in [1.54, 1.807) is 35.9 Å². The number of rotatable bonds is 5. The van der Waals surface area contributed by atoms with Crippen molar-refractivity contribution in [3.8, 4) is 0 Å². The predicted octanol–water partition coefficient (Wildman–Crippen LogP) is 2.99. The Morgan fingerprint density at radius 1 is 1.16 bits per heavy atom. The molecule has 31 heavy (non-hydrogen) atoms. The van der Waals surface area contributed by atoms with Crippen LogP contribution < -0.4 is 5.43 Å². The molecule has 1 amide bonds. The highest BCUT2D eigenvalue weighted by atomic mass is 16.5. The molecule has 0 spiro atoms. The zero-order chi connectivity index (χ0) is 22.1. The third-order valence-electron chi connectivity index (χ3n) is 5.21. The number of para-hydroxylation sites is 1. The van der Waals surface area contributed by atoms with E-state index in [4.69, 9.17) is 9.84 Å². The summed E-state index contributed by atoms with van der Waals surface area (Å²) in [5.41, 5.74) is 5.56. The maximum Gasteiger partial charge on any atom is 0.335 e. The van der Waals surface area contributed by atoms with E-state index in [9.17, 15) is 14.4 Å². The molecular formula is C23H19N3O5. The van der Waals surface area contributed by atoms with Gasteiger partial charge in [0.25, 0.3) is 5.91 Å². The first-order valence-corrected chi connectivity index (χ1v) is 9.52. The van der Waals surface area contributed by atoms with E-state index in [-0.39, 0.29) is 17.4 Å². The lowest BCUT2D eigenvalue weighted by Gasteiger charge is -2.12. The molecule has 156 valence electrons. The number of hydrogen-bond donors (Lipinski definition) is 2. The number of aromatic nitrogens is 1. The van der Waals surface area contributed by atoms with Crippen LogP contribution in [0.4, 0.5) is 0 Å². The summed E-state index contributed by atoms with van der Waals surface area (Å²) in [7, 11) is 1.34. The molecule has 2 N–H and O–H groups in total. The highest BCUT2D eigenvalue weighted by Crippen LogP contribution is 2.28. The number of hydrazone groups is 1. The van der Waals surface area contributed by atoms with Gasteiger partial charge in [-0.3, -0.25) is 4.79 Å². The van der Waals surface area contributed by atoms with Crippen LogP contribution in [0.15, 0.2) is 65.4 Å². The Bertz CT molecular complexity index is 1270. The number of aromatic carboxylic acids is 1. The average Bonchev–Trinajstić information content (AvgIpc) is 3.34. The molecule has 0 saturated carbocycles. The lowest BCUT2D eigenvalue weighted by molar-refractivity contribution is -0.143. The van der Waals surface area contributed by atoms with E-state index < -0.39 is 12.0 Å². The number of carboxylic acids is 1. The van der Waals surface area contributed by atoms with Crippen molar-refractivity contribution in [3.63, 3.8) is 0 Å². The number of esters is 1. The summed E-state index contributed by atoms with van der Waals surface area (Å²) in [4.78, 5) is 35.7. The molecule has 1 aliphatic heterocycles. The third kappa shape index (κ3) is 3.59. The number of carbonyl (C=O) groups excluding carboxylic acids is 2. The van der Waals surface area contributed by atoms with Crippen molar-refractivity contribution in [1.82, 2.24) is 9.99 Å². The molecule has 1 aromatic heterocycles. The Hall–Kier alpha value is -4.20. The fraction of sp³-hybridized carbons (Fsp3) is 0.130. The minimum Gasteiger partial charge on any atom is -0.478 e. The first kappa shape index (κ1) is 20.1. The van der Waals surface area contributed by atoms with Crippen LogP contribution in [0.25, 0.3) is 17.0 Å². The normalized spacial score (nSPS) is 15.6. The number of nitrogens with zero attached hydrogens (tertiary/aromatic N) is 2. The maximum absolute atomic E-state index is 12.5. The molecule has 1 aliphatic rings. The summed E-state index contributed by atoms with van der Waals surface area (Å²) in [6, 6.07) is 13.2. The summed E-state index contributed by atoms with van der Waals surface area (Å²) in [6.45, 7) is 1.74. The van der Waals surface area contributed by atoms with Gasteiger partial charge in [-0.1, -0.05) is 30.3 Å². The number of fused-ring (bicyclic) bond motifs is 1. The second-order valence-corrected chi connectivity index (χ2v) is 7.05. The number of amides is 1. The molecule has 0 fully saturated rings. The van der Waals surface area contributed by atoms with Crippen molar-refractivity contribution < 1.29 is 24.2 Å². The summed E-state index contributed by atoms with van der Waals surface area (Å²) in [5, 5.41) is 14.1. The maximum atomic E-state index is 12.5. The number of methoxy groups -OCH3 is 1. The van der Waals surface area contributed by atoms with Gasteiger partial charge in [0.2, 0.25) is 0 Å². The Kier molecular flexibility index (Phi) is 5.12. The van der Waals surface area contributed by atoms with Crippen LogP contribution in [-0.2, 0) is 14.3 Å². The average molecular weight is 417 g/mol. The van der Waals surface area contributed by atoms with Gasteiger partial charge in [0.05, 0.1) is 18.2 Å². The largest absolute Gasteiger partial charge is 0.478 e. The summed E-state index contributed by atoms with van der Waals surface area (Å²) >= 11 is 0. The highest BCUT2D eigenvalue weighted by Gasteiger charge is 2.25. The number of carboxylic acid groups (broad SMARTS) is 1. The molecule has 8 heteroatoms. The standard InChI is InChI=1S/C23H19N3O5/c1-13(23(30)31-2)26-12-16(17-5-3-4-6-19(17)26)11-18-20(24-25-21(18)27)14-7-9-15(10-8-14)22(28)29/h3-13H,1-2H3,(H,25,27)(H,28,29). The molecule has 0 radical (unpaired) electrons. The van der Waals surface area contributed by atoms with E-state index in [1.165, 1.54) is 19.2 Å². The summed E-state index contributed by atoms with van der Waals surface area (Å²) in [6.07, 6.45) is 3.52. The number of hydrogen-bond acceptors (Lipinski definition) is 5. The van der Waals surface area contributed by atoms with E-state index >= 15 is 0 Å². The van der Waals surface area contributed by atoms with Crippen LogP contribution >= 0.6 is 0 Å². The molecular weight excluding hydrogens is 398 g/mol. The number of benzene rings is 2. The Morgan fingerprint density at radius 2 is 1.87 bits per heavy atom. The van der Waals surface area contributed by atoms with Crippen molar-refractivity contribution in [1.29, 1.82) is 0 Å². The van der Waals surface area contributed by atoms with Crippen LogP contribution in [0.2, 0.25) is 0 Å². The zero-order valence-corrected chi connectivity index (χ0v) is 16.8. The van der Waals surface area contributed by atoms with Crippen molar-refractivity contribution >= 4 is 40.5 Å². The Morgan fingerprint density at radius 3 is 2.55 bits per heavy atom. The smallest absolute Gasteiger partial charge is 0.335 e. The van der Waals surface area contributed by atoms with Gasteiger partial charge in [0.15, 0.2) is 0 Å². The van der Waals surface area contributed by atoms with Crippen molar-refractivity contribution in [2.75, 3.05) is 7.11 Å². The van der Waals surface area contributed by atoms with Crippen LogP contribution in [0, 0.1) is 0 Å². The fourth-order valence-corrected chi connectivity index (χ4v) is 3.57. The van der Waals surface area contributed by atoms with E-state index in [2.05, 4.69) is 10.5 Å². The van der Waals surface area contributed by atoms with Gasteiger partial charge in [-0.05, 0) is 31.2 Å². The molecule has 8 nitrogen and oxygen atoms in total. The fourth-order valence-electron chi connectivity index (χ4n) is 3.57. The van der Waals surface area contributed by atoms with Crippen molar-refractivity contribution in [2.24, 2.45) is 5.10 Å². The predicted molar refractivity (Wildman–Crippen MR) is 115 cm³/mol. The van der Waals surface area contributed by atoms with E-state index in [0.29, 0.717) is 16.8 Å². The van der Waals surface area contributed by atoms with Crippen LogP contribution in [-0.4, -0.2) is 40.3 Å². The first-order chi connectivity index (χ1) is 14.9. The lowest BCUT2D eigenvalue weighted by atomic mass is 9.99. The molecule has 0 saturated heterocycles. The van der Waals surface area contributed by atoms with E-state index in [0.717, 1.165) is 16.5 Å². The van der Waals surface area contributed by atoms with Crippen molar-refractivity contribution in [3.05, 3.63) is 77.0 Å². The Balaban J connectivity index is 1.80. The second kappa shape index (κ2) is 7.91. The molecule has 3 aromatic rings. The molecule has 1 unspecified atom stereocenters. The van der Waals surface area contributed by atoms with Gasteiger partial charge in [0.1, 0.15) is 11.8 Å². The molecule has 0 aliphatic carbocycles. The summed E-state index contributed by atoms with van der Waals surface area (Å²) < 4.78 is 6.68. The van der Waals surface area contributed by atoms with Crippen LogP contribution in [0.1, 0.15) is 34.5 Å². The zero-order valence-electron chi connectivity index (χ0n) is 16.8. The van der Waals surface area contributed by atoms with Gasteiger partial charge in [0, 0.05) is 28.2 Å². The third-order valence-corrected chi connectivity index (χ3v) is 5.21. The van der Waals surface area contributed by atoms with E-state index in [1.807, 2.05) is 24.3 Å². The molecule has 2 aromatic carbocycles. The minimum absolute atomic E-state index is 0.145. The van der Waals surface area contributed by atoms with Gasteiger partial charge >= 0.3 is 11.9 Å². The number of ether oxygens (including phenoxy) is 1. The Labute approximate surface area is 177 Å². The molecule has 1 atom stereocenters. The molecule has 4 rings (SSSR count). The molecule has 2 heterocycles. The van der Waals surface area contributed by atoms with Crippen LogP contribution in [0.3, 0.4) is 0 Å². The SMILES string of the molecule is COC(=O)C(C)n1cc(C=C2C(=O)NN=C2c2ccc(C(=O)O)cc2)c2ccccc21. The summed E-state index contributed by atoms with van der Waals surface area (Å²) in [5.74, 6) is -1.77. The van der Waals surface area contributed by atoms with Gasteiger partial charge < -0.3 is 14.4 Å². The lowest BCUT2D eigenvalue weighted by Crippen LogP contribution is -2.16. The number of carbonyl (C=O) groups is 3. The highest BCUT2D eigenvalue weighted by molar-refractivity contribution is 6.33. The first-order valence-electron chi connectivity index (χ1n) is 9.52. The monoisotopic (exact) mass is 417 g/mol. The number of nitrogens with one attached hydrogen (secondary N) is 1. The minimum atomic E-state index is -1.03. The van der Waals surface area contributed by atoms with Gasteiger partial charge in [-0.25, -0.2) is 15.0 Å². The van der Waals surface area contributed by atoms with Crippen LogP contribution in [0.5, 0.6) is 0 Å². The van der Waals surface area contributed by atoms with Gasteiger partial charge in [-0.2, -0.15) is 5.10 Å². The quantitative estimate of drug-likeness (QED) is 0.490. The van der Waals surface area contributed by atoms with Crippen molar-refractivity contribution in [2.45, 2.75) is 13.0 Å². The molecule has 0 bridgehead atoms.